The molecule has 0 aliphatic carbocycles. The Morgan fingerprint density at radius 3 is 3.21 bits per heavy atom. The van der Waals surface area contributed by atoms with Gasteiger partial charge in [-0.25, -0.2) is 0 Å². The summed E-state index contributed by atoms with van der Waals surface area (Å²) in [7, 11) is 0. The van der Waals surface area contributed by atoms with Gasteiger partial charge in [0.05, 0.1) is 6.04 Å². The zero-order valence-electron chi connectivity index (χ0n) is 7.89. The van der Waals surface area contributed by atoms with Crippen molar-refractivity contribution in [2.75, 3.05) is 6.54 Å². The van der Waals surface area contributed by atoms with Gasteiger partial charge in [0.25, 0.3) is 5.91 Å². The van der Waals surface area contributed by atoms with Gasteiger partial charge in [-0.2, -0.15) is 0 Å². The number of carbonyl (C=O) groups is 1. The van der Waals surface area contributed by atoms with Crippen LogP contribution in [-0.2, 0) is 0 Å². The van der Waals surface area contributed by atoms with Crippen LogP contribution in [0.25, 0.3) is 0 Å². The van der Waals surface area contributed by atoms with Crippen molar-refractivity contribution in [3.8, 4) is 0 Å². The van der Waals surface area contributed by atoms with Gasteiger partial charge >= 0.3 is 0 Å². The molecule has 74 valence electrons. The molecule has 3 rings (SSSR count). The van der Waals surface area contributed by atoms with Crippen LogP contribution >= 0.6 is 0 Å². The Labute approximate surface area is 82.3 Å². The number of rotatable bonds is 0. The van der Waals surface area contributed by atoms with Crippen LogP contribution in [0.3, 0.4) is 0 Å². The van der Waals surface area contributed by atoms with E-state index in [-0.39, 0.29) is 18.1 Å². The molecule has 2 aliphatic heterocycles. The number of hydrogen-bond donors (Lipinski definition) is 1. The smallest absolute Gasteiger partial charge is 0.270 e. The average Bonchev–Trinajstić information content (AvgIpc) is 2.82. The van der Waals surface area contributed by atoms with Crippen molar-refractivity contribution in [2.24, 2.45) is 5.73 Å². The molecule has 1 saturated heterocycles. The quantitative estimate of drug-likeness (QED) is 0.651. The fourth-order valence-electron chi connectivity index (χ4n) is 2.57. The zero-order chi connectivity index (χ0) is 9.71. The normalized spacial score (nSPS) is 30.4. The van der Waals surface area contributed by atoms with E-state index in [1.807, 2.05) is 27.8 Å². The summed E-state index contributed by atoms with van der Waals surface area (Å²) in [5.74, 6) is 0.138. The summed E-state index contributed by atoms with van der Waals surface area (Å²) < 4.78 is 1.90. The Hall–Kier alpha value is -1.29. The minimum atomic E-state index is -0.0554. The fraction of sp³-hybridized carbons (Fsp3) is 0.500. The molecule has 0 unspecified atom stereocenters. The second-order valence-corrected chi connectivity index (χ2v) is 4.00. The molecule has 0 radical (unpaired) electrons. The van der Waals surface area contributed by atoms with Crippen LogP contribution in [-0.4, -0.2) is 28.0 Å². The third-order valence-electron chi connectivity index (χ3n) is 3.27. The molecule has 0 bridgehead atoms. The number of nitrogens with zero attached hydrogens (tertiary/aromatic N) is 2. The SMILES string of the molecule is N[C@H]1[C@@H]2CCCN2C(=O)c2cccn21. The Kier molecular flexibility index (Phi) is 1.50. The van der Waals surface area contributed by atoms with E-state index in [4.69, 9.17) is 5.73 Å². The molecule has 2 aliphatic rings. The Bertz CT molecular complexity index is 384. The predicted molar refractivity (Wildman–Crippen MR) is 51.7 cm³/mol. The van der Waals surface area contributed by atoms with Gasteiger partial charge in [-0.1, -0.05) is 0 Å². The van der Waals surface area contributed by atoms with Crippen LogP contribution in [0.15, 0.2) is 18.3 Å². The van der Waals surface area contributed by atoms with Gasteiger partial charge < -0.3 is 15.2 Å². The van der Waals surface area contributed by atoms with Crippen LogP contribution in [0.4, 0.5) is 0 Å². The summed E-state index contributed by atoms with van der Waals surface area (Å²) in [5, 5.41) is 0. The molecular formula is C10H13N3O. The molecular weight excluding hydrogens is 178 g/mol. The molecule has 4 heteroatoms. The summed E-state index contributed by atoms with van der Waals surface area (Å²) in [6, 6.07) is 3.94. The molecule has 2 atom stereocenters. The molecule has 0 aromatic carbocycles. The number of hydrogen-bond acceptors (Lipinski definition) is 2. The molecule has 14 heavy (non-hydrogen) atoms. The second kappa shape index (κ2) is 2.60. The molecule has 4 nitrogen and oxygen atoms in total. The lowest BCUT2D eigenvalue weighted by Gasteiger charge is -2.36. The largest absolute Gasteiger partial charge is 0.331 e. The van der Waals surface area contributed by atoms with Crippen LogP contribution in [0, 0.1) is 0 Å². The van der Waals surface area contributed by atoms with E-state index in [0.29, 0.717) is 0 Å². The molecule has 0 spiro atoms. The maximum atomic E-state index is 12.0. The zero-order valence-corrected chi connectivity index (χ0v) is 7.89. The molecule has 0 saturated carbocycles. The highest BCUT2D eigenvalue weighted by atomic mass is 16.2. The van der Waals surface area contributed by atoms with E-state index in [2.05, 4.69) is 0 Å². The lowest BCUT2D eigenvalue weighted by atomic mass is 10.1. The van der Waals surface area contributed by atoms with E-state index < -0.39 is 0 Å². The van der Waals surface area contributed by atoms with E-state index in [9.17, 15) is 4.79 Å². The lowest BCUT2D eigenvalue weighted by molar-refractivity contribution is 0.0617. The molecule has 1 aromatic rings. The van der Waals surface area contributed by atoms with Crippen LogP contribution in [0.5, 0.6) is 0 Å². The molecule has 1 fully saturated rings. The Balaban J connectivity index is 2.12. The molecule has 1 amide bonds. The van der Waals surface area contributed by atoms with Crippen LogP contribution in [0.2, 0.25) is 0 Å². The molecule has 3 heterocycles. The highest BCUT2D eigenvalue weighted by Gasteiger charge is 2.39. The van der Waals surface area contributed by atoms with Crippen molar-refractivity contribution >= 4 is 5.91 Å². The van der Waals surface area contributed by atoms with Gasteiger partial charge in [0.1, 0.15) is 11.9 Å². The van der Waals surface area contributed by atoms with E-state index in [1.165, 1.54) is 0 Å². The van der Waals surface area contributed by atoms with Gasteiger partial charge in [0.15, 0.2) is 0 Å². The van der Waals surface area contributed by atoms with E-state index in [1.54, 1.807) is 0 Å². The van der Waals surface area contributed by atoms with Crippen molar-refractivity contribution in [3.05, 3.63) is 24.0 Å². The summed E-state index contributed by atoms with van der Waals surface area (Å²) in [5.41, 5.74) is 6.84. The first-order valence-electron chi connectivity index (χ1n) is 5.02. The monoisotopic (exact) mass is 191 g/mol. The Morgan fingerprint density at radius 1 is 1.50 bits per heavy atom. The number of fused-ring (bicyclic) bond motifs is 2. The average molecular weight is 191 g/mol. The van der Waals surface area contributed by atoms with Crippen molar-refractivity contribution in [1.29, 1.82) is 0 Å². The van der Waals surface area contributed by atoms with E-state index in [0.717, 1.165) is 25.1 Å². The summed E-state index contributed by atoms with van der Waals surface area (Å²) in [6.45, 7) is 0.863. The minimum Gasteiger partial charge on any atom is -0.331 e. The lowest BCUT2D eigenvalue weighted by Crippen LogP contribution is -2.49. The number of nitrogens with two attached hydrogens (primary N) is 1. The van der Waals surface area contributed by atoms with Crippen molar-refractivity contribution < 1.29 is 4.79 Å². The fourth-order valence-corrected chi connectivity index (χ4v) is 2.57. The Morgan fingerprint density at radius 2 is 2.36 bits per heavy atom. The van der Waals surface area contributed by atoms with Gasteiger partial charge in [0, 0.05) is 12.7 Å². The third-order valence-corrected chi connectivity index (χ3v) is 3.27. The first-order valence-corrected chi connectivity index (χ1v) is 5.02. The summed E-state index contributed by atoms with van der Waals surface area (Å²) >= 11 is 0. The van der Waals surface area contributed by atoms with Crippen molar-refractivity contribution in [2.45, 2.75) is 25.0 Å². The maximum Gasteiger partial charge on any atom is 0.270 e. The maximum absolute atomic E-state index is 12.0. The highest BCUT2D eigenvalue weighted by Crippen LogP contribution is 2.31. The highest BCUT2D eigenvalue weighted by molar-refractivity contribution is 5.94. The van der Waals surface area contributed by atoms with E-state index >= 15 is 0 Å². The van der Waals surface area contributed by atoms with Crippen LogP contribution < -0.4 is 5.73 Å². The summed E-state index contributed by atoms with van der Waals surface area (Å²) in [4.78, 5) is 13.9. The standard InChI is InChI=1S/C10H13N3O/c11-9-7-3-1-6-13(7)10(14)8-4-2-5-12(8)9/h2,4-5,7,9H,1,3,6,11H2/t7-,9+/m0/s1. The topological polar surface area (TPSA) is 51.3 Å². The molecule has 1 aromatic heterocycles. The predicted octanol–water partition coefficient (Wildman–Crippen LogP) is 0.564. The minimum absolute atomic E-state index is 0.0554. The van der Waals surface area contributed by atoms with Crippen molar-refractivity contribution in [1.82, 2.24) is 9.47 Å². The van der Waals surface area contributed by atoms with Gasteiger partial charge in [-0.05, 0) is 25.0 Å². The number of carbonyl (C=O) groups excluding carboxylic acids is 1. The number of aromatic nitrogens is 1. The van der Waals surface area contributed by atoms with Crippen LogP contribution in [0.1, 0.15) is 29.5 Å². The molecule has 2 N–H and O–H groups in total. The first-order chi connectivity index (χ1) is 6.79. The third kappa shape index (κ3) is 0.838. The second-order valence-electron chi connectivity index (χ2n) is 4.00. The van der Waals surface area contributed by atoms with Gasteiger partial charge in [-0.15, -0.1) is 0 Å². The van der Waals surface area contributed by atoms with Gasteiger partial charge in [0.2, 0.25) is 0 Å². The summed E-state index contributed by atoms with van der Waals surface area (Å²) in [6.07, 6.45) is 3.95. The number of amides is 1. The van der Waals surface area contributed by atoms with Crippen molar-refractivity contribution in [3.63, 3.8) is 0 Å². The first kappa shape index (κ1) is 8.05. The van der Waals surface area contributed by atoms with Gasteiger partial charge in [-0.3, -0.25) is 4.79 Å².